The molecule has 0 aromatic carbocycles. The molecule has 0 bridgehead atoms. The quantitative estimate of drug-likeness (QED) is 0.893. The number of rotatable bonds is 4. The molecule has 0 saturated heterocycles. The van der Waals surface area contributed by atoms with E-state index in [2.05, 4.69) is 20.2 Å². The van der Waals surface area contributed by atoms with Crippen molar-refractivity contribution in [3.05, 3.63) is 6.20 Å². The van der Waals surface area contributed by atoms with Gasteiger partial charge in [0.05, 0.1) is 6.20 Å². The molecule has 6 nitrogen and oxygen atoms in total. The molecule has 1 saturated carbocycles. The highest BCUT2D eigenvalue weighted by molar-refractivity contribution is 7.09. The Hall–Kier alpha value is -1.37. The maximum Gasteiger partial charge on any atom is 0.407 e. The molecule has 1 aromatic rings. The number of aromatic nitrogens is 2. The third-order valence-corrected chi connectivity index (χ3v) is 4.10. The number of amides is 1. The predicted molar refractivity (Wildman–Crippen MR) is 83.5 cm³/mol. The molecule has 0 radical (unpaired) electrons. The third-order valence-electron chi connectivity index (χ3n) is 3.51. The zero-order chi connectivity index (χ0) is 15.3. The lowest BCUT2D eigenvalue weighted by atomic mass is 9.84. The van der Waals surface area contributed by atoms with Crippen molar-refractivity contribution in [1.29, 1.82) is 0 Å². The van der Waals surface area contributed by atoms with Crippen molar-refractivity contribution in [2.75, 3.05) is 11.9 Å². The first-order valence-corrected chi connectivity index (χ1v) is 8.22. The van der Waals surface area contributed by atoms with Crippen LogP contribution in [0.15, 0.2) is 6.20 Å². The summed E-state index contributed by atoms with van der Waals surface area (Å²) in [5, 5.41) is 11.2. The minimum Gasteiger partial charge on any atom is -0.444 e. The maximum atomic E-state index is 11.8. The van der Waals surface area contributed by atoms with E-state index in [1.54, 1.807) is 6.20 Å². The molecule has 1 aromatic heterocycles. The molecule has 2 N–H and O–H groups in total. The molecule has 2 unspecified atom stereocenters. The molecular formula is C14H24N4O2S. The van der Waals surface area contributed by atoms with Crippen LogP contribution in [0.4, 0.5) is 9.80 Å². The number of alkyl carbamates (subject to hydrolysis) is 1. The van der Waals surface area contributed by atoms with E-state index < -0.39 is 5.60 Å². The minimum absolute atomic E-state index is 0.341. The van der Waals surface area contributed by atoms with Gasteiger partial charge in [0.15, 0.2) is 0 Å². The molecule has 1 aliphatic rings. The molecule has 1 aliphatic carbocycles. The van der Waals surface area contributed by atoms with E-state index in [9.17, 15) is 4.79 Å². The third kappa shape index (κ3) is 5.49. The van der Waals surface area contributed by atoms with Crippen LogP contribution >= 0.6 is 11.5 Å². The van der Waals surface area contributed by atoms with Crippen molar-refractivity contribution in [3.63, 3.8) is 0 Å². The maximum absolute atomic E-state index is 11.8. The Labute approximate surface area is 129 Å². The van der Waals surface area contributed by atoms with Crippen LogP contribution in [-0.4, -0.2) is 33.9 Å². The van der Waals surface area contributed by atoms with Gasteiger partial charge in [-0.05, 0) is 39.5 Å². The summed E-state index contributed by atoms with van der Waals surface area (Å²) in [6.07, 6.45) is 6.05. The predicted octanol–water partition coefficient (Wildman–Crippen LogP) is 3.03. The molecule has 1 fully saturated rings. The average molecular weight is 312 g/mol. The van der Waals surface area contributed by atoms with Gasteiger partial charge in [0, 0.05) is 24.1 Å². The van der Waals surface area contributed by atoms with Gasteiger partial charge >= 0.3 is 6.09 Å². The molecule has 0 aliphatic heterocycles. The highest BCUT2D eigenvalue weighted by Crippen LogP contribution is 2.27. The summed E-state index contributed by atoms with van der Waals surface area (Å²) in [5.41, 5.74) is -0.456. The van der Waals surface area contributed by atoms with Gasteiger partial charge in [0.2, 0.25) is 0 Å². The zero-order valence-electron chi connectivity index (χ0n) is 12.9. The minimum atomic E-state index is -0.456. The monoisotopic (exact) mass is 312 g/mol. The fourth-order valence-electron chi connectivity index (χ4n) is 2.58. The molecule has 1 amide bonds. The van der Waals surface area contributed by atoms with Crippen molar-refractivity contribution in [2.24, 2.45) is 5.92 Å². The Morgan fingerprint density at radius 2 is 2.19 bits per heavy atom. The Morgan fingerprint density at radius 3 is 2.86 bits per heavy atom. The Morgan fingerprint density at radius 1 is 1.43 bits per heavy atom. The highest BCUT2D eigenvalue weighted by Gasteiger charge is 2.26. The second-order valence-electron chi connectivity index (χ2n) is 6.46. The SMILES string of the molecule is CC(C)(C)OC(=O)NCC1CCCCC1Nc1cnns1. The van der Waals surface area contributed by atoms with E-state index >= 15 is 0 Å². The fourth-order valence-corrected chi connectivity index (χ4v) is 3.06. The van der Waals surface area contributed by atoms with E-state index in [1.165, 1.54) is 24.4 Å². The van der Waals surface area contributed by atoms with E-state index in [1.807, 2.05) is 20.8 Å². The first-order valence-electron chi connectivity index (χ1n) is 7.45. The summed E-state index contributed by atoms with van der Waals surface area (Å²) in [4.78, 5) is 11.8. The largest absolute Gasteiger partial charge is 0.444 e. The highest BCUT2D eigenvalue weighted by atomic mass is 32.1. The second kappa shape index (κ2) is 7.06. The van der Waals surface area contributed by atoms with Gasteiger partial charge in [-0.3, -0.25) is 0 Å². The molecule has 2 rings (SSSR count). The van der Waals surface area contributed by atoms with Crippen LogP contribution in [0, 0.1) is 5.92 Å². The lowest BCUT2D eigenvalue weighted by molar-refractivity contribution is 0.0514. The van der Waals surface area contributed by atoms with Crippen LogP contribution in [0.3, 0.4) is 0 Å². The fraction of sp³-hybridized carbons (Fsp3) is 0.786. The van der Waals surface area contributed by atoms with Crippen LogP contribution in [0.1, 0.15) is 46.5 Å². The molecular weight excluding hydrogens is 288 g/mol. The number of nitrogens with zero attached hydrogens (tertiary/aromatic N) is 2. The smallest absolute Gasteiger partial charge is 0.407 e. The Kier molecular flexibility index (Phi) is 5.39. The standard InChI is InChI=1S/C14H24N4O2S/c1-14(2,3)20-13(19)15-8-10-6-4-5-7-11(10)17-12-9-16-18-21-12/h9-11,17H,4-8H2,1-3H3,(H,15,19). The molecule has 7 heteroatoms. The number of anilines is 1. The average Bonchev–Trinajstić information content (AvgIpc) is 2.88. The van der Waals surface area contributed by atoms with E-state index in [0.29, 0.717) is 18.5 Å². The van der Waals surface area contributed by atoms with Gasteiger partial charge in [-0.2, -0.15) is 0 Å². The topological polar surface area (TPSA) is 76.1 Å². The number of hydrogen-bond donors (Lipinski definition) is 2. The number of carbonyl (C=O) groups excluding carboxylic acids is 1. The summed E-state index contributed by atoms with van der Waals surface area (Å²) in [7, 11) is 0. The van der Waals surface area contributed by atoms with Gasteiger partial charge < -0.3 is 15.4 Å². The molecule has 118 valence electrons. The summed E-state index contributed by atoms with van der Waals surface area (Å²) < 4.78 is 9.15. The number of ether oxygens (including phenoxy) is 1. The normalized spacial score (nSPS) is 22.6. The molecule has 2 atom stereocenters. The van der Waals surface area contributed by atoms with Crippen LogP contribution in [-0.2, 0) is 4.74 Å². The van der Waals surface area contributed by atoms with Crippen molar-refractivity contribution in [2.45, 2.75) is 58.1 Å². The van der Waals surface area contributed by atoms with Crippen molar-refractivity contribution in [1.82, 2.24) is 14.9 Å². The Balaban J connectivity index is 1.83. The zero-order valence-corrected chi connectivity index (χ0v) is 13.7. The second-order valence-corrected chi connectivity index (χ2v) is 7.25. The summed E-state index contributed by atoms with van der Waals surface area (Å²) >= 11 is 1.37. The summed E-state index contributed by atoms with van der Waals surface area (Å²) in [6, 6.07) is 0.357. The van der Waals surface area contributed by atoms with Crippen LogP contribution in [0.25, 0.3) is 0 Å². The lowest BCUT2D eigenvalue weighted by Crippen LogP contribution is -2.41. The van der Waals surface area contributed by atoms with Gasteiger partial charge in [0.1, 0.15) is 10.6 Å². The van der Waals surface area contributed by atoms with Gasteiger partial charge in [0.25, 0.3) is 0 Å². The van der Waals surface area contributed by atoms with E-state index in [-0.39, 0.29) is 6.09 Å². The van der Waals surface area contributed by atoms with Crippen molar-refractivity contribution in [3.8, 4) is 0 Å². The Bertz CT molecular complexity index is 444. The van der Waals surface area contributed by atoms with Gasteiger partial charge in [-0.1, -0.05) is 17.3 Å². The van der Waals surface area contributed by atoms with Crippen LogP contribution in [0.5, 0.6) is 0 Å². The van der Waals surface area contributed by atoms with Crippen molar-refractivity contribution >= 4 is 22.6 Å². The molecule has 1 heterocycles. The molecule has 21 heavy (non-hydrogen) atoms. The summed E-state index contributed by atoms with van der Waals surface area (Å²) in [5.74, 6) is 0.411. The molecule has 0 spiro atoms. The van der Waals surface area contributed by atoms with E-state index in [0.717, 1.165) is 17.8 Å². The van der Waals surface area contributed by atoms with Gasteiger partial charge in [-0.25, -0.2) is 4.79 Å². The van der Waals surface area contributed by atoms with E-state index in [4.69, 9.17) is 4.74 Å². The van der Waals surface area contributed by atoms with Crippen LogP contribution in [0.2, 0.25) is 0 Å². The number of nitrogens with one attached hydrogen (secondary N) is 2. The first kappa shape index (κ1) is 16.0. The number of carbonyl (C=O) groups is 1. The summed E-state index contributed by atoms with van der Waals surface area (Å²) in [6.45, 7) is 6.25. The van der Waals surface area contributed by atoms with Gasteiger partial charge in [-0.15, -0.1) is 5.10 Å². The number of hydrogen-bond acceptors (Lipinski definition) is 6. The first-order chi connectivity index (χ1) is 9.94. The van der Waals surface area contributed by atoms with Crippen molar-refractivity contribution < 1.29 is 9.53 Å². The lowest BCUT2D eigenvalue weighted by Gasteiger charge is -2.32. The van der Waals surface area contributed by atoms with Crippen LogP contribution < -0.4 is 10.6 Å².